The molecule has 1 fully saturated rings. The zero-order valence-electron chi connectivity index (χ0n) is 7.89. The largest absolute Gasteiger partial charge is 0.377 e. The molecule has 0 aliphatic carbocycles. The minimum Gasteiger partial charge on any atom is -0.377 e. The molecule has 1 heterocycles. The first-order valence-electron chi connectivity index (χ1n) is 4.60. The molecule has 11 heavy (non-hydrogen) atoms. The van der Waals surface area contributed by atoms with Crippen molar-refractivity contribution in [1.82, 2.24) is 0 Å². The number of rotatable bonds is 2. The highest BCUT2D eigenvalue weighted by Gasteiger charge is 2.35. The normalized spacial score (nSPS) is 30.3. The van der Waals surface area contributed by atoms with E-state index in [0.29, 0.717) is 11.5 Å². The number of ether oxygens (including phenoxy) is 1. The van der Waals surface area contributed by atoms with Crippen LogP contribution in [0.4, 0.5) is 0 Å². The molecule has 0 aromatic carbocycles. The van der Waals surface area contributed by atoms with Crippen molar-refractivity contribution in [3.8, 4) is 0 Å². The zero-order chi connectivity index (χ0) is 8.32. The predicted molar refractivity (Wildman–Crippen MR) is 45.5 cm³/mol. The Bertz CT molecular complexity index is 121. The van der Waals surface area contributed by atoms with Crippen molar-refractivity contribution >= 4 is 0 Å². The van der Waals surface area contributed by atoms with E-state index >= 15 is 0 Å². The molecule has 0 aromatic heterocycles. The predicted octanol–water partition coefficient (Wildman–Crippen LogP) is 0.385. The van der Waals surface area contributed by atoms with Gasteiger partial charge in [-0.05, 0) is 6.92 Å². The molecule has 0 aromatic rings. The maximum atomic E-state index is 5.68. The Balaban J connectivity index is 2.45. The summed E-state index contributed by atoms with van der Waals surface area (Å²) < 4.78 is 5.68. The molecule has 0 saturated carbocycles. The van der Waals surface area contributed by atoms with E-state index in [4.69, 9.17) is 4.74 Å². The van der Waals surface area contributed by atoms with E-state index in [1.54, 1.807) is 0 Å². The lowest BCUT2D eigenvalue weighted by atomic mass is 9.82. The minimum atomic E-state index is 0.369. The van der Waals surface area contributed by atoms with Gasteiger partial charge in [0.15, 0.2) is 0 Å². The van der Waals surface area contributed by atoms with Crippen molar-refractivity contribution in [2.24, 2.45) is 5.41 Å². The van der Waals surface area contributed by atoms with Crippen LogP contribution in [0.3, 0.4) is 0 Å². The Hall–Kier alpha value is -0.0800. The molecular formula is C9H20NO+. The van der Waals surface area contributed by atoms with Crippen molar-refractivity contribution in [2.45, 2.75) is 33.3 Å². The third-order valence-electron chi connectivity index (χ3n) is 2.54. The van der Waals surface area contributed by atoms with Gasteiger partial charge < -0.3 is 10.1 Å². The minimum absolute atomic E-state index is 0.369. The lowest BCUT2D eigenvalue weighted by molar-refractivity contribution is -0.679. The van der Waals surface area contributed by atoms with Gasteiger partial charge in [-0.15, -0.1) is 0 Å². The van der Waals surface area contributed by atoms with Crippen LogP contribution in [-0.2, 0) is 4.74 Å². The van der Waals surface area contributed by atoms with Gasteiger partial charge in [-0.1, -0.05) is 13.8 Å². The van der Waals surface area contributed by atoms with Gasteiger partial charge in [-0.2, -0.15) is 0 Å². The van der Waals surface area contributed by atoms with Gasteiger partial charge in [0.05, 0.1) is 19.2 Å². The van der Waals surface area contributed by atoms with Crippen molar-refractivity contribution in [3.05, 3.63) is 0 Å². The highest BCUT2D eigenvalue weighted by atomic mass is 16.5. The molecule has 2 nitrogen and oxygen atoms in total. The monoisotopic (exact) mass is 158 g/mol. The van der Waals surface area contributed by atoms with Gasteiger partial charge in [0.2, 0.25) is 0 Å². The molecule has 0 amide bonds. The Morgan fingerprint density at radius 1 is 1.55 bits per heavy atom. The summed E-state index contributed by atoms with van der Waals surface area (Å²) in [5.74, 6) is 0. The van der Waals surface area contributed by atoms with Crippen molar-refractivity contribution < 1.29 is 10.1 Å². The van der Waals surface area contributed by atoms with E-state index in [-0.39, 0.29) is 0 Å². The maximum absolute atomic E-state index is 5.68. The van der Waals surface area contributed by atoms with Crippen molar-refractivity contribution in [2.75, 3.05) is 19.7 Å². The molecule has 66 valence electrons. The first-order chi connectivity index (χ1) is 5.17. The second-order valence-electron chi connectivity index (χ2n) is 4.00. The van der Waals surface area contributed by atoms with E-state index in [9.17, 15) is 0 Å². The summed E-state index contributed by atoms with van der Waals surface area (Å²) in [4.78, 5) is 0. The van der Waals surface area contributed by atoms with Crippen molar-refractivity contribution in [1.29, 1.82) is 0 Å². The molecular weight excluding hydrogens is 138 g/mol. The molecule has 1 atom stereocenters. The zero-order valence-corrected chi connectivity index (χ0v) is 7.89. The quantitative estimate of drug-likeness (QED) is 0.618. The maximum Gasteiger partial charge on any atom is 0.0832 e. The van der Waals surface area contributed by atoms with E-state index in [1.165, 1.54) is 19.5 Å². The van der Waals surface area contributed by atoms with Crippen LogP contribution in [0.1, 0.15) is 27.2 Å². The van der Waals surface area contributed by atoms with Crippen LogP contribution < -0.4 is 5.32 Å². The number of quaternary nitrogens is 1. The van der Waals surface area contributed by atoms with Crippen LogP contribution in [0.25, 0.3) is 0 Å². The topological polar surface area (TPSA) is 25.8 Å². The highest BCUT2D eigenvalue weighted by Crippen LogP contribution is 2.25. The standard InChI is InChI=1S/C9H19NO/c1-4-11-8-5-6-10-7-9(8,2)3/h8,10H,4-7H2,1-3H3/p+1/t8-/m1/s1. The van der Waals surface area contributed by atoms with Gasteiger partial charge in [0.1, 0.15) is 0 Å². The molecule has 0 unspecified atom stereocenters. The summed E-state index contributed by atoms with van der Waals surface area (Å²) in [6.45, 7) is 9.96. The Kier molecular flexibility index (Phi) is 2.90. The fourth-order valence-corrected chi connectivity index (χ4v) is 1.78. The lowest BCUT2D eigenvalue weighted by Gasteiger charge is -2.35. The van der Waals surface area contributed by atoms with E-state index in [1.807, 2.05) is 0 Å². The fourth-order valence-electron chi connectivity index (χ4n) is 1.78. The van der Waals surface area contributed by atoms with Crippen LogP contribution in [0.5, 0.6) is 0 Å². The van der Waals surface area contributed by atoms with E-state index < -0.39 is 0 Å². The first-order valence-corrected chi connectivity index (χ1v) is 4.60. The molecule has 2 heteroatoms. The summed E-state index contributed by atoms with van der Waals surface area (Å²) in [7, 11) is 0. The van der Waals surface area contributed by atoms with E-state index in [0.717, 1.165) is 6.61 Å². The third-order valence-corrected chi connectivity index (χ3v) is 2.54. The Labute approximate surface area is 69.3 Å². The summed E-state index contributed by atoms with van der Waals surface area (Å²) in [6.07, 6.45) is 1.69. The fraction of sp³-hybridized carbons (Fsp3) is 1.00. The summed E-state index contributed by atoms with van der Waals surface area (Å²) in [5, 5.41) is 2.38. The SMILES string of the molecule is CCO[C@@H]1CC[NH2+]CC1(C)C. The van der Waals surface area contributed by atoms with Crippen molar-refractivity contribution in [3.63, 3.8) is 0 Å². The summed E-state index contributed by atoms with van der Waals surface area (Å²) >= 11 is 0. The molecule has 1 saturated heterocycles. The van der Waals surface area contributed by atoms with Gasteiger partial charge in [0.25, 0.3) is 0 Å². The molecule has 0 radical (unpaired) electrons. The highest BCUT2D eigenvalue weighted by molar-refractivity contribution is 4.80. The second kappa shape index (κ2) is 3.55. The number of nitrogens with two attached hydrogens (primary N) is 1. The first kappa shape index (κ1) is 9.01. The molecule has 0 bridgehead atoms. The number of piperidine rings is 1. The van der Waals surface area contributed by atoms with Gasteiger partial charge in [-0.25, -0.2) is 0 Å². The molecule has 2 N–H and O–H groups in total. The van der Waals surface area contributed by atoms with Gasteiger partial charge in [-0.3, -0.25) is 0 Å². The average Bonchev–Trinajstić information content (AvgIpc) is 1.94. The Morgan fingerprint density at radius 3 is 2.82 bits per heavy atom. The smallest absolute Gasteiger partial charge is 0.0832 e. The van der Waals surface area contributed by atoms with Gasteiger partial charge >= 0.3 is 0 Å². The average molecular weight is 158 g/mol. The molecule has 1 aliphatic heterocycles. The van der Waals surface area contributed by atoms with Crippen LogP contribution >= 0.6 is 0 Å². The van der Waals surface area contributed by atoms with Crippen LogP contribution in [0.2, 0.25) is 0 Å². The van der Waals surface area contributed by atoms with Gasteiger partial charge in [0, 0.05) is 18.4 Å². The molecule has 1 aliphatic rings. The van der Waals surface area contributed by atoms with Crippen LogP contribution in [0.15, 0.2) is 0 Å². The molecule has 0 spiro atoms. The van der Waals surface area contributed by atoms with Crippen LogP contribution in [0, 0.1) is 5.41 Å². The summed E-state index contributed by atoms with van der Waals surface area (Å²) in [6, 6.07) is 0. The Morgan fingerprint density at radius 2 is 2.27 bits per heavy atom. The lowest BCUT2D eigenvalue weighted by Crippen LogP contribution is -2.90. The second-order valence-corrected chi connectivity index (χ2v) is 4.00. The van der Waals surface area contributed by atoms with E-state index in [2.05, 4.69) is 26.1 Å². The summed E-state index contributed by atoms with van der Waals surface area (Å²) in [5.41, 5.74) is 0.369. The van der Waals surface area contributed by atoms with Crippen LogP contribution in [-0.4, -0.2) is 25.8 Å². The number of hydrogen-bond acceptors (Lipinski definition) is 1. The third kappa shape index (κ3) is 2.17. The number of hydrogen-bond donors (Lipinski definition) is 1. The molecule has 1 rings (SSSR count).